The van der Waals surface area contributed by atoms with Crippen LogP contribution in [0.4, 0.5) is 4.39 Å². The maximum atomic E-state index is 13.0. The molecule has 18 heavy (non-hydrogen) atoms. The minimum Gasteiger partial charge on any atom is -0.207 e. The third kappa shape index (κ3) is 3.69. The fourth-order valence-electron chi connectivity index (χ4n) is 2.14. The molecule has 2 rings (SSSR count). The first-order valence-electron chi connectivity index (χ1n) is 6.60. The van der Waals surface area contributed by atoms with Crippen LogP contribution in [0.5, 0.6) is 0 Å². The molecule has 0 aliphatic carbocycles. The van der Waals surface area contributed by atoms with E-state index in [4.69, 9.17) is 0 Å². The van der Waals surface area contributed by atoms with Crippen LogP contribution in [0.1, 0.15) is 30.0 Å². The first-order valence-corrected chi connectivity index (χ1v) is 6.60. The summed E-state index contributed by atoms with van der Waals surface area (Å²) in [6.45, 7) is 2.19. The molecule has 0 aliphatic rings. The molecular weight excluding hydrogens is 223 g/mol. The summed E-state index contributed by atoms with van der Waals surface area (Å²) < 4.78 is 13.0. The van der Waals surface area contributed by atoms with E-state index in [1.54, 1.807) is 12.1 Å². The maximum absolute atomic E-state index is 13.0. The van der Waals surface area contributed by atoms with Crippen LogP contribution in [0, 0.1) is 5.82 Å². The molecule has 0 saturated carbocycles. The van der Waals surface area contributed by atoms with Gasteiger partial charge in [-0.25, -0.2) is 4.39 Å². The molecule has 0 amide bonds. The molecule has 94 valence electrons. The van der Waals surface area contributed by atoms with Crippen LogP contribution in [0.3, 0.4) is 0 Å². The van der Waals surface area contributed by atoms with Crippen LogP contribution in [0.15, 0.2) is 48.5 Å². The summed E-state index contributed by atoms with van der Waals surface area (Å²) >= 11 is 0. The van der Waals surface area contributed by atoms with E-state index < -0.39 is 0 Å². The summed E-state index contributed by atoms with van der Waals surface area (Å²) in [5.74, 6) is -0.147. The topological polar surface area (TPSA) is 0 Å². The van der Waals surface area contributed by atoms with Crippen LogP contribution in [-0.4, -0.2) is 0 Å². The van der Waals surface area contributed by atoms with Gasteiger partial charge in [0.05, 0.1) is 0 Å². The standard InChI is InChI=1S/C17H19F/c1-2-4-14-7-9-15(10-8-14)11-12-16-5-3-6-17(18)13-16/h3,5-10,13H,2,4,11-12H2,1H3. The molecule has 2 aromatic carbocycles. The van der Waals surface area contributed by atoms with Crippen LogP contribution in [-0.2, 0) is 19.3 Å². The first-order chi connectivity index (χ1) is 8.78. The monoisotopic (exact) mass is 242 g/mol. The summed E-state index contributed by atoms with van der Waals surface area (Å²) in [4.78, 5) is 0. The summed E-state index contributed by atoms with van der Waals surface area (Å²) in [6, 6.07) is 15.6. The molecule has 2 aromatic rings. The summed E-state index contributed by atoms with van der Waals surface area (Å²) in [5.41, 5.74) is 3.78. The van der Waals surface area contributed by atoms with E-state index in [1.165, 1.54) is 23.6 Å². The van der Waals surface area contributed by atoms with Crippen LogP contribution >= 0.6 is 0 Å². The smallest absolute Gasteiger partial charge is 0.123 e. The minimum atomic E-state index is -0.147. The predicted molar refractivity (Wildman–Crippen MR) is 74.2 cm³/mol. The van der Waals surface area contributed by atoms with Gasteiger partial charge < -0.3 is 0 Å². The van der Waals surface area contributed by atoms with Gasteiger partial charge in [0.2, 0.25) is 0 Å². The van der Waals surface area contributed by atoms with Crippen molar-refractivity contribution in [2.24, 2.45) is 0 Å². The second kappa shape index (κ2) is 6.34. The zero-order valence-corrected chi connectivity index (χ0v) is 10.8. The lowest BCUT2D eigenvalue weighted by atomic mass is 10.0. The number of rotatable bonds is 5. The number of aryl methyl sites for hydroxylation is 3. The van der Waals surface area contributed by atoms with Gasteiger partial charge in [0.25, 0.3) is 0 Å². The summed E-state index contributed by atoms with van der Waals surface area (Å²) in [7, 11) is 0. The predicted octanol–water partition coefficient (Wildman–Crippen LogP) is 4.56. The van der Waals surface area contributed by atoms with E-state index in [9.17, 15) is 4.39 Å². The van der Waals surface area contributed by atoms with Crippen molar-refractivity contribution in [3.05, 3.63) is 71.0 Å². The second-order valence-electron chi connectivity index (χ2n) is 4.70. The Hall–Kier alpha value is -1.63. The SMILES string of the molecule is CCCc1ccc(CCc2cccc(F)c2)cc1. The van der Waals surface area contributed by atoms with Crippen LogP contribution in [0.25, 0.3) is 0 Å². The van der Waals surface area contributed by atoms with Gasteiger partial charge in [-0.3, -0.25) is 0 Å². The molecule has 0 atom stereocenters. The number of halogens is 1. The number of hydrogen-bond donors (Lipinski definition) is 0. The van der Waals surface area contributed by atoms with Gasteiger partial charge in [-0.15, -0.1) is 0 Å². The van der Waals surface area contributed by atoms with Crippen molar-refractivity contribution < 1.29 is 4.39 Å². The van der Waals surface area contributed by atoms with Gasteiger partial charge in [0, 0.05) is 0 Å². The van der Waals surface area contributed by atoms with Gasteiger partial charge >= 0.3 is 0 Å². The van der Waals surface area contributed by atoms with E-state index >= 15 is 0 Å². The van der Waals surface area contributed by atoms with Gasteiger partial charge in [-0.05, 0) is 48.1 Å². The Morgan fingerprint density at radius 3 is 2.00 bits per heavy atom. The Kier molecular flexibility index (Phi) is 4.52. The highest BCUT2D eigenvalue weighted by Gasteiger charge is 1.98. The Morgan fingerprint density at radius 1 is 0.778 bits per heavy atom. The highest BCUT2D eigenvalue weighted by Crippen LogP contribution is 2.11. The fourth-order valence-corrected chi connectivity index (χ4v) is 2.14. The van der Waals surface area contributed by atoms with E-state index in [1.807, 2.05) is 6.07 Å². The maximum Gasteiger partial charge on any atom is 0.123 e. The van der Waals surface area contributed by atoms with Crippen molar-refractivity contribution in [3.63, 3.8) is 0 Å². The average molecular weight is 242 g/mol. The Morgan fingerprint density at radius 2 is 1.39 bits per heavy atom. The molecule has 0 aliphatic heterocycles. The van der Waals surface area contributed by atoms with E-state index in [2.05, 4.69) is 31.2 Å². The minimum absolute atomic E-state index is 0.147. The van der Waals surface area contributed by atoms with Gasteiger partial charge in [-0.2, -0.15) is 0 Å². The van der Waals surface area contributed by atoms with Crippen molar-refractivity contribution in [1.82, 2.24) is 0 Å². The first kappa shape index (κ1) is 12.8. The quantitative estimate of drug-likeness (QED) is 0.720. The van der Waals surface area contributed by atoms with Crippen molar-refractivity contribution in [2.75, 3.05) is 0 Å². The Bertz CT molecular complexity index is 485. The third-order valence-corrected chi connectivity index (χ3v) is 3.15. The van der Waals surface area contributed by atoms with E-state index in [0.29, 0.717) is 0 Å². The van der Waals surface area contributed by atoms with E-state index in [-0.39, 0.29) is 5.82 Å². The zero-order chi connectivity index (χ0) is 12.8. The molecule has 0 fully saturated rings. The highest BCUT2D eigenvalue weighted by molar-refractivity contribution is 5.24. The molecule has 0 bridgehead atoms. The number of benzene rings is 2. The molecule has 0 spiro atoms. The van der Waals surface area contributed by atoms with Crippen molar-refractivity contribution >= 4 is 0 Å². The van der Waals surface area contributed by atoms with Gasteiger partial charge in [-0.1, -0.05) is 49.7 Å². The third-order valence-electron chi connectivity index (χ3n) is 3.15. The van der Waals surface area contributed by atoms with Crippen LogP contribution < -0.4 is 0 Å². The molecule has 0 radical (unpaired) electrons. The molecule has 1 heteroatoms. The molecular formula is C17H19F. The lowest BCUT2D eigenvalue weighted by Gasteiger charge is -2.04. The number of hydrogen-bond acceptors (Lipinski definition) is 0. The normalized spacial score (nSPS) is 10.6. The molecule has 0 N–H and O–H groups in total. The van der Waals surface area contributed by atoms with Gasteiger partial charge in [0.15, 0.2) is 0 Å². The van der Waals surface area contributed by atoms with E-state index in [0.717, 1.165) is 24.8 Å². The summed E-state index contributed by atoms with van der Waals surface area (Å²) in [5, 5.41) is 0. The van der Waals surface area contributed by atoms with Gasteiger partial charge in [0.1, 0.15) is 5.82 Å². The van der Waals surface area contributed by atoms with Crippen molar-refractivity contribution in [2.45, 2.75) is 32.6 Å². The second-order valence-corrected chi connectivity index (χ2v) is 4.70. The Balaban J connectivity index is 1.93. The van der Waals surface area contributed by atoms with Crippen molar-refractivity contribution in [3.8, 4) is 0 Å². The largest absolute Gasteiger partial charge is 0.207 e. The fraction of sp³-hybridized carbons (Fsp3) is 0.294. The molecule has 0 saturated heterocycles. The van der Waals surface area contributed by atoms with Crippen molar-refractivity contribution in [1.29, 1.82) is 0 Å². The molecule has 0 heterocycles. The van der Waals surface area contributed by atoms with Crippen LogP contribution in [0.2, 0.25) is 0 Å². The molecule has 0 nitrogen and oxygen atoms in total. The molecule has 0 unspecified atom stereocenters. The lowest BCUT2D eigenvalue weighted by Crippen LogP contribution is -1.92. The highest BCUT2D eigenvalue weighted by atomic mass is 19.1. The average Bonchev–Trinajstić information content (AvgIpc) is 2.38. The Labute approximate surface area is 108 Å². The lowest BCUT2D eigenvalue weighted by molar-refractivity contribution is 0.625. The zero-order valence-electron chi connectivity index (χ0n) is 10.8. The molecule has 0 aromatic heterocycles. The summed E-state index contributed by atoms with van der Waals surface area (Å²) in [6.07, 6.45) is 4.19.